The molecule has 0 saturated carbocycles. The fourth-order valence-corrected chi connectivity index (χ4v) is 0.499. The maximum absolute atomic E-state index is 8.58. The summed E-state index contributed by atoms with van der Waals surface area (Å²) in [5.41, 5.74) is 4.17. The van der Waals surface area contributed by atoms with Crippen molar-refractivity contribution in [3.63, 3.8) is 0 Å². The van der Waals surface area contributed by atoms with Crippen LogP contribution in [-0.4, -0.2) is 26.8 Å². The lowest BCUT2D eigenvalue weighted by Gasteiger charge is -1.50. The minimum atomic E-state index is 0.250. The molecule has 18 heavy (non-hydrogen) atoms. The van der Waals surface area contributed by atoms with Crippen LogP contribution >= 0.6 is 0 Å². The number of carbonyl (C=O) groups excluding carboxylic acids is 1. The van der Waals surface area contributed by atoms with Crippen molar-refractivity contribution < 1.29 is 18.0 Å². The number of hydrogen-bond acceptors (Lipinski definition) is 8. The summed E-state index contributed by atoms with van der Waals surface area (Å²) in [5, 5.41) is 13.2. The molecule has 9 nitrogen and oxygen atoms in total. The first-order valence-corrected chi connectivity index (χ1v) is 4.42. The molecule has 9 heteroatoms. The van der Waals surface area contributed by atoms with E-state index in [4.69, 9.17) is 4.79 Å². The molecule has 0 unspecified atom stereocenters. The quantitative estimate of drug-likeness (QED) is 0.573. The summed E-state index contributed by atoms with van der Waals surface area (Å²) in [6, 6.07) is 3.67. The molecule has 0 aliphatic rings. The van der Waals surface area contributed by atoms with Crippen LogP contribution in [0.5, 0.6) is 0 Å². The summed E-state index contributed by atoms with van der Waals surface area (Å²) in [4.78, 5) is 8.58. The van der Waals surface area contributed by atoms with E-state index >= 15 is 0 Å². The van der Waals surface area contributed by atoms with Crippen molar-refractivity contribution in [2.24, 2.45) is 5.73 Å². The van der Waals surface area contributed by atoms with Crippen LogP contribution in [0.15, 0.2) is 63.5 Å². The fraction of sp³-hybridized carbons (Fsp3) is 0. The Morgan fingerprint density at radius 1 is 0.778 bits per heavy atom. The van der Waals surface area contributed by atoms with E-state index in [2.05, 4.69) is 39.4 Å². The predicted octanol–water partition coefficient (Wildman–Crippen LogP) is 0.520. The van der Waals surface area contributed by atoms with Gasteiger partial charge in [-0.15, -0.1) is 20.4 Å². The highest BCUT2D eigenvalue weighted by atomic mass is 16.3. The molecule has 0 bridgehead atoms. The molecule has 0 atom stereocenters. The molecule has 0 fully saturated rings. The van der Waals surface area contributed by atoms with Gasteiger partial charge in [-0.05, 0) is 12.1 Å². The Hall–Kier alpha value is -2.97. The molecule has 96 valence electrons. The van der Waals surface area contributed by atoms with Crippen molar-refractivity contribution >= 4 is 6.41 Å². The number of furan rings is 1. The van der Waals surface area contributed by atoms with Gasteiger partial charge >= 0.3 is 0 Å². The zero-order valence-corrected chi connectivity index (χ0v) is 9.20. The van der Waals surface area contributed by atoms with E-state index in [-0.39, 0.29) is 6.41 Å². The third-order valence-electron chi connectivity index (χ3n) is 0.991. The van der Waals surface area contributed by atoms with Gasteiger partial charge in [-0.1, -0.05) is 0 Å². The zero-order valence-electron chi connectivity index (χ0n) is 9.20. The molecular weight excluding hydrogens is 242 g/mol. The van der Waals surface area contributed by atoms with Gasteiger partial charge < -0.3 is 19.0 Å². The number of amides is 1. The van der Waals surface area contributed by atoms with Gasteiger partial charge in [0, 0.05) is 0 Å². The van der Waals surface area contributed by atoms with Gasteiger partial charge in [-0.25, -0.2) is 0 Å². The van der Waals surface area contributed by atoms with Crippen LogP contribution in [0.25, 0.3) is 0 Å². The molecule has 0 radical (unpaired) electrons. The number of rotatable bonds is 0. The Morgan fingerprint density at radius 3 is 1.22 bits per heavy atom. The first kappa shape index (κ1) is 15.0. The number of aromatic nitrogens is 4. The summed E-state index contributed by atoms with van der Waals surface area (Å²) in [6.07, 6.45) is 8.56. The predicted molar refractivity (Wildman–Crippen MR) is 57.6 cm³/mol. The Balaban J connectivity index is 0.000000219. The van der Waals surface area contributed by atoms with Crippen molar-refractivity contribution in [3.05, 3.63) is 50.2 Å². The Kier molecular flexibility index (Phi) is 11.7. The number of nitrogens with zero attached hydrogens (tertiary/aromatic N) is 4. The van der Waals surface area contributed by atoms with Crippen LogP contribution in [0.1, 0.15) is 0 Å². The van der Waals surface area contributed by atoms with Crippen molar-refractivity contribution in [1.29, 1.82) is 0 Å². The van der Waals surface area contributed by atoms with Crippen LogP contribution < -0.4 is 5.73 Å². The average molecular weight is 253 g/mol. The Labute approximate surface area is 102 Å². The molecule has 0 saturated heterocycles. The summed E-state index contributed by atoms with van der Waals surface area (Å²) in [7, 11) is 0. The van der Waals surface area contributed by atoms with Gasteiger partial charge in [0.25, 0.3) is 0 Å². The standard InChI is InChI=1S/C4H4O.2C2H2N2O.CH3NO/c1-2-4-5-3-1;2*1-3-4-2-5-1;2-1-3/h1-4H;2*1-2H;1H,(H2,2,3). The summed E-state index contributed by atoms with van der Waals surface area (Å²) in [6.45, 7) is 0. The van der Waals surface area contributed by atoms with Crippen LogP contribution in [-0.2, 0) is 4.79 Å². The molecule has 0 aliphatic heterocycles. The first-order chi connectivity index (χ1) is 8.91. The van der Waals surface area contributed by atoms with E-state index in [9.17, 15) is 0 Å². The molecule has 1 amide bonds. The van der Waals surface area contributed by atoms with E-state index in [0.29, 0.717) is 0 Å². The van der Waals surface area contributed by atoms with Gasteiger partial charge in [-0.2, -0.15) is 0 Å². The van der Waals surface area contributed by atoms with E-state index in [1.54, 1.807) is 12.5 Å². The molecule has 0 aromatic carbocycles. The van der Waals surface area contributed by atoms with Crippen molar-refractivity contribution in [1.82, 2.24) is 20.4 Å². The fourth-order valence-electron chi connectivity index (χ4n) is 0.499. The smallest absolute Gasteiger partial charge is 0.204 e. The molecule has 0 aliphatic carbocycles. The third kappa shape index (κ3) is 13.0. The number of hydrogen-bond donors (Lipinski definition) is 1. The van der Waals surface area contributed by atoms with E-state index in [1.165, 1.54) is 25.6 Å². The van der Waals surface area contributed by atoms with E-state index < -0.39 is 0 Å². The second-order valence-electron chi connectivity index (χ2n) is 2.08. The Bertz CT molecular complexity index is 298. The van der Waals surface area contributed by atoms with Gasteiger partial charge in [0.15, 0.2) is 0 Å². The average Bonchev–Trinajstić information content (AvgIpc) is 3.19. The molecule has 0 spiro atoms. The third-order valence-corrected chi connectivity index (χ3v) is 0.991. The van der Waals surface area contributed by atoms with Crippen LogP contribution in [0, 0.1) is 0 Å². The molecule has 3 aromatic rings. The lowest BCUT2D eigenvalue weighted by molar-refractivity contribution is -0.106. The van der Waals surface area contributed by atoms with Crippen LogP contribution in [0.2, 0.25) is 0 Å². The first-order valence-electron chi connectivity index (χ1n) is 4.42. The summed E-state index contributed by atoms with van der Waals surface area (Å²) in [5.74, 6) is 0. The summed E-state index contributed by atoms with van der Waals surface area (Å²) >= 11 is 0. The molecular formula is C9H11N5O4. The molecule has 2 N–H and O–H groups in total. The highest BCUT2D eigenvalue weighted by Gasteiger charge is 1.61. The van der Waals surface area contributed by atoms with Crippen LogP contribution in [0.4, 0.5) is 0 Å². The minimum Gasteiger partial charge on any atom is -0.473 e. The molecule has 3 heterocycles. The minimum absolute atomic E-state index is 0.250. The highest BCUT2D eigenvalue weighted by Crippen LogP contribution is 1.79. The zero-order chi connectivity index (χ0) is 13.3. The second kappa shape index (κ2) is 14.0. The van der Waals surface area contributed by atoms with Gasteiger partial charge in [-0.3, -0.25) is 4.79 Å². The van der Waals surface area contributed by atoms with E-state index in [1.807, 2.05) is 12.1 Å². The van der Waals surface area contributed by atoms with Crippen molar-refractivity contribution in [2.45, 2.75) is 0 Å². The van der Waals surface area contributed by atoms with Crippen LogP contribution in [0.3, 0.4) is 0 Å². The summed E-state index contributed by atoms with van der Waals surface area (Å²) < 4.78 is 13.3. The van der Waals surface area contributed by atoms with Gasteiger partial charge in [0.2, 0.25) is 32.0 Å². The molecule has 3 rings (SSSR count). The highest BCUT2D eigenvalue weighted by molar-refractivity contribution is 5.42. The van der Waals surface area contributed by atoms with Gasteiger partial charge in [0.05, 0.1) is 12.5 Å². The largest absolute Gasteiger partial charge is 0.473 e. The van der Waals surface area contributed by atoms with E-state index in [0.717, 1.165) is 0 Å². The number of nitrogens with two attached hydrogens (primary N) is 1. The van der Waals surface area contributed by atoms with Gasteiger partial charge in [0.1, 0.15) is 0 Å². The Morgan fingerprint density at radius 2 is 1.11 bits per heavy atom. The normalized spacial score (nSPS) is 7.33. The monoisotopic (exact) mass is 253 g/mol. The SMILES string of the molecule is NC=O.c1ccoc1.c1nnco1.c1nnco1. The molecule has 3 aromatic heterocycles. The topological polar surface area (TPSA) is 134 Å². The second-order valence-corrected chi connectivity index (χ2v) is 2.08. The maximum atomic E-state index is 8.58. The lowest BCUT2D eigenvalue weighted by atomic mass is 10.7. The number of primary amides is 1. The van der Waals surface area contributed by atoms with Crippen molar-refractivity contribution in [2.75, 3.05) is 0 Å². The maximum Gasteiger partial charge on any atom is 0.204 e. The lowest BCUT2D eigenvalue weighted by Crippen LogP contribution is -1.82. The van der Waals surface area contributed by atoms with Crippen molar-refractivity contribution in [3.8, 4) is 0 Å². The number of carbonyl (C=O) groups is 1.